The number of nitrogens with two attached hydrogens (primary N) is 1. The quantitative estimate of drug-likeness (QED) is 0.863. The zero-order valence-corrected chi connectivity index (χ0v) is 16.2. The Labute approximate surface area is 169 Å². The normalized spacial score (nSPS) is 24.2. The molecule has 1 aliphatic carbocycles. The minimum Gasteiger partial charge on any atom is -0.482 e. The van der Waals surface area contributed by atoms with Gasteiger partial charge in [0, 0.05) is 12.6 Å². The molecule has 5 nitrogen and oxygen atoms in total. The van der Waals surface area contributed by atoms with Crippen molar-refractivity contribution in [3.8, 4) is 17.9 Å². The molecule has 2 N–H and O–H groups in total. The van der Waals surface area contributed by atoms with Gasteiger partial charge in [0.05, 0.1) is 34.3 Å². The predicted molar refractivity (Wildman–Crippen MR) is 107 cm³/mol. The SMILES string of the molecule is N#Cc1ccc(O[C@@H]2c3cc(C#N)ccc3CC2N2CCC[C@@H](N)C2)c(Cl)c1. The highest BCUT2D eigenvalue weighted by molar-refractivity contribution is 6.32. The lowest BCUT2D eigenvalue weighted by Gasteiger charge is -2.38. The lowest BCUT2D eigenvalue weighted by atomic mass is 10.0. The van der Waals surface area contributed by atoms with E-state index in [-0.39, 0.29) is 18.2 Å². The van der Waals surface area contributed by atoms with Crippen molar-refractivity contribution < 1.29 is 4.74 Å². The van der Waals surface area contributed by atoms with E-state index in [4.69, 9.17) is 27.3 Å². The maximum atomic E-state index is 9.33. The highest BCUT2D eigenvalue weighted by Gasteiger charge is 2.39. The van der Waals surface area contributed by atoms with Crippen LogP contribution in [0.4, 0.5) is 0 Å². The molecule has 0 saturated carbocycles. The lowest BCUT2D eigenvalue weighted by molar-refractivity contribution is 0.0593. The highest BCUT2D eigenvalue weighted by atomic mass is 35.5. The summed E-state index contributed by atoms with van der Waals surface area (Å²) in [5.41, 5.74) is 9.56. The number of fused-ring (bicyclic) bond motifs is 1. The van der Waals surface area contributed by atoms with Gasteiger partial charge in [-0.25, -0.2) is 0 Å². The summed E-state index contributed by atoms with van der Waals surface area (Å²) in [5.74, 6) is 0.548. The summed E-state index contributed by atoms with van der Waals surface area (Å²) < 4.78 is 6.40. The van der Waals surface area contributed by atoms with E-state index in [1.54, 1.807) is 18.2 Å². The third kappa shape index (κ3) is 3.57. The molecule has 0 aromatic heterocycles. The maximum Gasteiger partial charge on any atom is 0.140 e. The molecule has 3 atom stereocenters. The number of hydrogen-bond acceptors (Lipinski definition) is 5. The standard InChI is InChI=1S/C22H21ClN4O/c23-19-9-15(12-25)4-6-21(19)28-22-18-8-14(11-24)3-5-16(18)10-20(22)27-7-1-2-17(26)13-27/h3-6,8-9,17,20,22H,1-2,7,10,13,26H2/t17-,20?,22-/m1/s1. The van der Waals surface area contributed by atoms with Gasteiger partial charge in [0.2, 0.25) is 0 Å². The predicted octanol–water partition coefficient (Wildman–Crippen LogP) is 3.55. The van der Waals surface area contributed by atoms with Crippen LogP contribution in [0.15, 0.2) is 36.4 Å². The number of benzene rings is 2. The van der Waals surface area contributed by atoms with Crippen molar-refractivity contribution in [3.63, 3.8) is 0 Å². The van der Waals surface area contributed by atoms with Crippen molar-refractivity contribution in [2.24, 2.45) is 5.73 Å². The van der Waals surface area contributed by atoms with Crippen molar-refractivity contribution in [1.82, 2.24) is 4.90 Å². The number of ether oxygens (including phenoxy) is 1. The molecule has 1 saturated heterocycles. The first kappa shape index (κ1) is 18.8. The molecular weight excluding hydrogens is 372 g/mol. The Morgan fingerprint density at radius 1 is 1.11 bits per heavy atom. The van der Waals surface area contributed by atoms with E-state index in [2.05, 4.69) is 17.0 Å². The van der Waals surface area contributed by atoms with Crippen LogP contribution in [0.1, 0.15) is 41.2 Å². The molecule has 1 heterocycles. The Morgan fingerprint density at radius 2 is 1.86 bits per heavy atom. The van der Waals surface area contributed by atoms with Gasteiger partial charge >= 0.3 is 0 Å². The summed E-state index contributed by atoms with van der Waals surface area (Å²) >= 11 is 6.37. The number of hydrogen-bond donors (Lipinski definition) is 1. The second kappa shape index (κ2) is 7.81. The van der Waals surface area contributed by atoms with E-state index in [0.29, 0.717) is 21.9 Å². The fourth-order valence-electron chi connectivity index (χ4n) is 4.26. The number of halogens is 1. The molecule has 28 heavy (non-hydrogen) atoms. The Morgan fingerprint density at radius 3 is 2.57 bits per heavy atom. The van der Waals surface area contributed by atoms with Crippen LogP contribution in [0.2, 0.25) is 5.02 Å². The number of piperidine rings is 1. The third-order valence-corrected chi connectivity index (χ3v) is 5.93. The van der Waals surface area contributed by atoms with E-state index in [0.717, 1.165) is 37.9 Å². The van der Waals surface area contributed by atoms with Gasteiger partial charge in [-0.2, -0.15) is 10.5 Å². The monoisotopic (exact) mass is 392 g/mol. The molecular formula is C22H21ClN4O. The summed E-state index contributed by atoms with van der Waals surface area (Å²) in [6.45, 7) is 1.82. The molecule has 2 aromatic rings. The first-order valence-electron chi connectivity index (χ1n) is 9.48. The molecule has 1 aliphatic heterocycles. The van der Waals surface area contributed by atoms with Crippen molar-refractivity contribution in [1.29, 1.82) is 10.5 Å². The van der Waals surface area contributed by atoms with Crippen molar-refractivity contribution >= 4 is 11.6 Å². The fraction of sp³-hybridized carbons (Fsp3) is 0.364. The van der Waals surface area contributed by atoms with Gasteiger partial charge in [-0.1, -0.05) is 17.7 Å². The topological polar surface area (TPSA) is 86.1 Å². The molecule has 0 amide bonds. The largest absolute Gasteiger partial charge is 0.482 e. The van der Waals surface area contributed by atoms with E-state index in [9.17, 15) is 5.26 Å². The van der Waals surface area contributed by atoms with Crippen molar-refractivity contribution in [2.45, 2.75) is 37.5 Å². The van der Waals surface area contributed by atoms with Crippen LogP contribution >= 0.6 is 11.6 Å². The van der Waals surface area contributed by atoms with E-state index in [1.165, 1.54) is 5.56 Å². The van der Waals surface area contributed by atoms with Crippen LogP contribution in [0, 0.1) is 22.7 Å². The summed E-state index contributed by atoms with van der Waals surface area (Å²) in [4.78, 5) is 2.41. The van der Waals surface area contributed by atoms with Crippen molar-refractivity contribution in [2.75, 3.05) is 13.1 Å². The minimum absolute atomic E-state index is 0.141. The molecule has 6 heteroatoms. The Kier molecular flexibility index (Phi) is 5.24. The molecule has 142 valence electrons. The second-order valence-electron chi connectivity index (χ2n) is 7.49. The average molecular weight is 393 g/mol. The third-order valence-electron chi connectivity index (χ3n) is 5.63. The van der Waals surface area contributed by atoms with Gasteiger partial charge in [0.15, 0.2) is 0 Å². The minimum atomic E-state index is -0.237. The van der Waals surface area contributed by atoms with E-state index < -0.39 is 0 Å². The summed E-state index contributed by atoms with van der Waals surface area (Å²) in [6.07, 6.45) is 2.73. The number of rotatable bonds is 3. The van der Waals surface area contributed by atoms with Crippen LogP contribution in [-0.4, -0.2) is 30.1 Å². The first-order chi connectivity index (χ1) is 13.6. The molecule has 0 spiro atoms. The smallest absolute Gasteiger partial charge is 0.140 e. The molecule has 2 aliphatic rings. The molecule has 2 aromatic carbocycles. The lowest BCUT2D eigenvalue weighted by Crippen LogP contribution is -2.49. The molecule has 0 radical (unpaired) electrons. The van der Waals surface area contributed by atoms with Gasteiger partial charge in [-0.15, -0.1) is 0 Å². The number of nitriles is 2. The van der Waals surface area contributed by atoms with Gasteiger partial charge in [0.25, 0.3) is 0 Å². The summed E-state index contributed by atoms with van der Waals surface area (Å²) in [6, 6.07) is 15.5. The van der Waals surface area contributed by atoms with Crippen molar-refractivity contribution in [3.05, 3.63) is 63.7 Å². The molecule has 4 rings (SSSR count). The maximum absolute atomic E-state index is 9.33. The van der Waals surface area contributed by atoms with Gasteiger partial charge in [-0.05, 0) is 67.3 Å². The van der Waals surface area contributed by atoms with Crippen LogP contribution in [0.3, 0.4) is 0 Å². The second-order valence-corrected chi connectivity index (χ2v) is 7.90. The molecule has 1 unspecified atom stereocenters. The average Bonchev–Trinajstić information content (AvgIpc) is 3.07. The van der Waals surface area contributed by atoms with E-state index in [1.807, 2.05) is 18.2 Å². The zero-order valence-electron chi connectivity index (χ0n) is 15.4. The molecule has 1 fully saturated rings. The van der Waals surface area contributed by atoms with Crippen LogP contribution in [0.5, 0.6) is 5.75 Å². The van der Waals surface area contributed by atoms with Crippen LogP contribution in [-0.2, 0) is 6.42 Å². The Bertz CT molecular complexity index is 977. The zero-order chi connectivity index (χ0) is 19.7. The number of nitrogens with zero attached hydrogens (tertiary/aromatic N) is 3. The number of likely N-dealkylation sites (tertiary alicyclic amines) is 1. The molecule has 0 bridgehead atoms. The van der Waals surface area contributed by atoms with Crippen LogP contribution < -0.4 is 10.5 Å². The fourth-order valence-corrected chi connectivity index (χ4v) is 4.49. The van der Waals surface area contributed by atoms with Gasteiger partial charge in [0.1, 0.15) is 11.9 Å². The Hall–Kier alpha value is -2.57. The summed E-state index contributed by atoms with van der Waals surface area (Å²) in [5, 5.41) is 18.8. The Balaban J connectivity index is 1.69. The van der Waals surface area contributed by atoms with Gasteiger partial charge < -0.3 is 10.5 Å². The van der Waals surface area contributed by atoms with Crippen LogP contribution in [0.25, 0.3) is 0 Å². The first-order valence-corrected chi connectivity index (χ1v) is 9.85. The van der Waals surface area contributed by atoms with Gasteiger partial charge in [-0.3, -0.25) is 4.90 Å². The van der Waals surface area contributed by atoms with E-state index >= 15 is 0 Å². The summed E-state index contributed by atoms with van der Waals surface area (Å²) in [7, 11) is 0. The highest BCUT2D eigenvalue weighted by Crippen LogP contribution is 2.41.